The number of aromatic nitrogens is 3. The fourth-order valence-electron chi connectivity index (χ4n) is 7.12. The van der Waals surface area contributed by atoms with Crippen LogP contribution in [0.2, 0.25) is 0 Å². The van der Waals surface area contributed by atoms with Gasteiger partial charge in [-0.2, -0.15) is 4.98 Å². The summed E-state index contributed by atoms with van der Waals surface area (Å²) < 4.78 is 19.3. The van der Waals surface area contributed by atoms with Crippen molar-refractivity contribution in [2.24, 2.45) is 23.2 Å². The van der Waals surface area contributed by atoms with E-state index < -0.39 is 0 Å². The molecule has 4 aliphatic rings. The van der Waals surface area contributed by atoms with Gasteiger partial charge in [0.05, 0.1) is 0 Å². The number of H-pyrrole nitrogens is 1. The van der Waals surface area contributed by atoms with Crippen LogP contribution < -0.4 is 0 Å². The second-order valence-corrected chi connectivity index (χ2v) is 10.3. The van der Waals surface area contributed by atoms with Crippen molar-refractivity contribution >= 4 is 10.9 Å². The molecule has 7 rings (SSSR count). The molecule has 152 valence electrons. The first-order valence-corrected chi connectivity index (χ1v) is 11.1. The maximum Gasteiger partial charge on any atom is 0.229 e. The smallest absolute Gasteiger partial charge is 0.229 e. The molecule has 4 aliphatic carbocycles. The Morgan fingerprint density at radius 1 is 1.17 bits per heavy atom. The Bertz CT molecular complexity index is 1020. The summed E-state index contributed by atoms with van der Waals surface area (Å²) in [6.45, 7) is 2.11. The predicted molar refractivity (Wildman–Crippen MR) is 109 cm³/mol. The number of halogens is 1. The highest BCUT2D eigenvalue weighted by Gasteiger charge is 2.51. The van der Waals surface area contributed by atoms with Gasteiger partial charge in [0.2, 0.25) is 5.89 Å². The molecule has 4 nitrogen and oxygen atoms in total. The van der Waals surface area contributed by atoms with Crippen molar-refractivity contribution in [3.8, 4) is 0 Å². The lowest BCUT2D eigenvalue weighted by atomic mass is 9.49. The molecular formula is C24H28FN3O. The Balaban J connectivity index is 1.19. The summed E-state index contributed by atoms with van der Waals surface area (Å²) in [7, 11) is 0. The third-order valence-electron chi connectivity index (χ3n) is 7.86. The lowest BCUT2D eigenvalue weighted by molar-refractivity contribution is -0.0533. The number of rotatable bonds is 5. The molecule has 1 aromatic carbocycles. The number of nitrogens with zero attached hydrogens (tertiary/aromatic N) is 2. The summed E-state index contributed by atoms with van der Waals surface area (Å²) in [5.41, 5.74) is 2.47. The van der Waals surface area contributed by atoms with E-state index in [9.17, 15) is 4.39 Å². The van der Waals surface area contributed by atoms with E-state index >= 15 is 0 Å². The van der Waals surface area contributed by atoms with E-state index in [1.807, 2.05) is 6.20 Å². The number of fused-ring (bicyclic) bond motifs is 1. The zero-order valence-corrected chi connectivity index (χ0v) is 17.0. The van der Waals surface area contributed by atoms with Gasteiger partial charge in [-0.3, -0.25) is 0 Å². The molecule has 0 unspecified atom stereocenters. The highest BCUT2D eigenvalue weighted by Crippen LogP contribution is 2.60. The Morgan fingerprint density at radius 3 is 2.62 bits per heavy atom. The van der Waals surface area contributed by atoms with Crippen LogP contribution >= 0.6 is 0 Å². The Hall–Kier alpha value is -2.17. The van der Waals surface area contributed by atoms with Crippen molar-refractivity contribution in [1.82, 2.24) is 15.1 Å². The summed E-state index contributed by atoms with van der Waals surface area (Å²) >= 11 is 0. The number of nitrogens with one attached hydrogen (secondary N) is 1. The highest BCUT2D eigenvalue weighted by molar-refractivity contribution is 5.83. The van der Waals surface area contributed by atoms with E-state index in [2.05, 4.69) is 17.1 Å². The van der Waals surface area contributed by atoms with Gasteiger partial charge in [-0.15, -0.1) is 0 Å². The van der Waals surface area contributed by atoms with Crippen LogP contribution in [0, 0.1) is 29.0 Å². The van der Waals surface area contributed by atoms with Gasteiger partial charge in [0, 0.05) is 29.4 Å². The van der Waals surface area contributed by atoms with E-state index in [0.29, 0.717) is 11.3 Å². The number of hydrogen-bond acceptors (Lipinski definition) is 3. The zero-order valence-electron chi connectivity index (χ0n) is 17.0. The van der Waals surface area contributed by atoms with Gasteiger partial charge >= 0.3 is 0 Å². The molecule has 5 heteroatoms. The van der Waals surface area contributed by atoms with Crippen LogP contribution in [0.3, 0.4) is 0 Å². The van der Waals surface area contributed by atoms with E-state index in [4.69, 9.17) is 9.51 Å². The summed E-state index contributed by atoms with van der Waals surface area (Å²) in [5, 5.41) is 5.30. The average molecular weight is 394 g/mol. The third-order valence-corrected chi connectivity index (χ3v) is 7.86. The number of benzene rings is 1. The minimum atomic E-state index is -0.207. The Morgan fingerprint density at radius 2 is 1.90 bits per heavy atom. The van der Waals surface area contributed by atoms with Crippen LogP contribution in [0.15, 0.2) is 28.9 Å². The quantitative estimate of drug-likeness (QED) is 0.596. The largest absolute Gasteiger partial charge is 0.361 e. The van der Waals surface area contributed by atoms with E-state index in [1.54, 1.807) is 12.1 Å². The van der Waals surface area contributed by atoms with Crippen molar-refractivity contribution in [2.45, 2.75) is 64.2 Å². The standard InChI is InChI=1S/C24H28FN3O/c1-14(4-18-13-26-21-3-2-19(25)8-20(18)21)23-27-22(28-29-23)12-24-9-15-5-16(10-24)7-17(6-15)11-24/h2-3,8,13-17,26H,4-7,9-12H2,1H3/t14-,15?,16?,17?,24?/m0/s1. The molecule has 29 heavy (non-hydrogen) atoms. The summed E-state index contributed by atoms with van der Waals surface area (Å²) in [5.74, 6) is 4.31. The summed E-state index contributed by atoms with van der Waals surface area (Å²) in [6.07, 6.45) is 12.1. The topological polar surface area (TPSA) is 54.7 Å². The Labute approximate surface area is 170 Å². The van der Waals surface area contributed by atoms with Gasteiger partial charge in [-0.1, -0.05) is 12.1 Å². The minimum Gasteiger partial charge on any atom is -0.361 e. The second kappa shape index (κ2) is 6.41. The monoisotopic (exact) mass is 393 g/mol. The molecule has 1 atom stereocenters. The predicted octanol–water partition coefficient (Wildman–Crippen LogP) is 5.80. The fourth-order valence-corrected chi connectivity index (χ4v) is 7.12. The second-order valence-electron chi connectivity index (χ2n) is 10.3. The van der Waals surface area contributed by atoms with E-state index in [0.717, 1.165) is 52.9 Å². The molecule has 3 aromatic rings. The number of hydrogen-bond donors (Lipinski definition) is 1. The maximum absolute atomic E-state index is 13.7. The SMILES string of the molecule is C[C@@H](Cc1c[nH]c2ccc(F)cc12)c1nc(CC23CC4CC(CC(C4)C2)C3)no1. The molecule has 2 heterocycles. The molecular weight excluding hydrogens is 365 g/mol. The Kier molecular flexibility index (Phi) is 3.91. The van der Waals surface area contributed by atoms with Crippen LogP contribution in [0.25, 0.3) is 10.9 Å². The molecule has 0 radical (unpaired) electrons. The van der Waals surface area contributed by atoms with Crippen LogP contribution in [-0.2, 0) is 12.8 Å². The molecule has 4 fully saturated rings. The lowest BCUT2D eigenvalue weighted by Gasteiger charge is -2.56. The molecule has 4 bridgehead atoms. The van der Waals surface area contributed by atoms with Crippen LogP contribution in [-0.4, -0.2) is 15.1 Å². The number of aromatic amines is 1. The molecule has 1 N–H and O–H groups in total. The van der Waals surface area contributed by atoms with Crippen molar-refractivity contribution in [3.63, 3.8) is 0 Å². The summed E-state index contributed by atoms with van der Waals surface area (Å²) in [4.78, 5) is 8.03. The molecule has 0 saturated heterocycles. The van der Waals surface area contributed by atoms with Crippen molar-refractivity contribution in [1.29, 1.82) is 0 Å². The van der Waals surface area contributed by atoms with Crippen molar-refractivity contribution in [2.75, 3.05) is 0 Å². The first-order chi connectivity index (χ1) is 14.1. The van der Waals surface area contributed by atoms with Crippen LogP contribution in [0.4, 0.5) is 4.39 Å². The van der Waals surface area contributed by atoms with E-state index in [-0.39, 0.29) is 11.7 Å². The van der Waals surface area contributed by atoms with Gasteiger partial charge in [0.1, 0.15) is 5.82 Å². The normalized spacial score (nSPS) is 31.6. The fraction of sp³-hybridized carbons (Fsp3) is 0.583. The highest BCUT2D eigenvalue weighted by atomic mass is 19.1. The van der Waals surface area contributed by atoms with Crippen LogP contribution in [0.5, 0.6) is 0 Å². The average Bonchev–Trinajstić information content (AvgIpc) is 3.27. The molecule has 4 saturated carbocycles. The van der Waals surface area contributed by atoms with Gasteiger partial charge in [0.15, 0.2) is 5.82 Å². The molecule has 0 spiro atoms. The zero-order chi connectivity index (χ0) is 19.6. The molecule has 0 aliphatic heterocycles. The third kappa shape index (κ3) is 3.10. The maximum atomic E-state index is 13.7. The first-order valence-electron chi connectivity index (χ1n) is 11.1. The van der Waals surface area contributed by atoms with Gasteiger partial charge in [0.25, 0.3) is 0 Å². The lowest BCUT2D eigenvalue weighted by Crippen LogP contribution is -2.47. The summed E-state index contributed by atoms with van der Waals surface area (Å²) in [6, 6.07) is 4.87. The first kappa shape index (κ1) is 17.7. The minimum absolute atomic E-state index is 0.106. The van der Waals surface area contributed by atoms with Crippen LogP contribution in [0.1, 0.15) is 68.6 Å². The van der Waals surface area contributed by atoms with E-state index in [1.165, 1.54) is 44.6 Å². The van der Waals surface area contributed by atoms with Crippen molar-refractivity contribution in [3.05, 3.63) is 47.5 Å². The van der Waals surface area contributed by atoms with Crippen molar-refractivity contribution < 1.29 is 8.91 Å². The van der Waals surface area contributed by atoms with Gasteiger partial charge < -0.3 is 9.51 Å². The van der Waals surface area contributed by atoms with Gasteiger partial charge in [-0.05, 0) is 91.9 Å². The molecule has 0 amide bonds. The van der Waals surface area contributed by atoms with Gasteiger partial charge in [-0.25, -0.2) is 4.39 Å². The molecule has 2 aromatic heterocycles.